The Morgan fingerprint density at radius 3 is 2.69 bits per heavy atom. The number of alkyl halides is 2. The van der Waals surface area contributed by atoms with Crippen LogP contribution in [0.4, 0.5) is 8.78 Å². The average Bonchev–Trinajstić information content (AvgIpc) is 3.47. The summed E-state index contributed by atoms with van der Waals surface area (Å²) in [6, 6.07) is 3.66. The number of allylic oxidation sites excluding steroid dienone is 1. The Bertz CT molecular complexity index is 846. The van der Waals surface area contributed by atoms with Crippen LogP contribution in [0.25, 0.3) is 0 Å². The second-order valence-corrected chi connectivity index (χ2v) is 7.27. The number of hydroxylamine groups is 4. The molecule has 0 spiro atoms. The predicted octanol–water partition coefficient (Wildman–Crippen LogP) is 4.32. The van der Waals surface area contributed by atoms with Crippen molar-refractivity contribution in [3.63, 3.8) is 0 Å². The van der Waals surface area contributed by atoms with Crippen LogP contribution in [0.2, 0.25) is 0 Å². The maximum absolute atomic E-state index is 13.2. The maximum atomic E-state index is 13.2. The molecule has 1 fully saturated rings. The topological polar surface area (TPSA) is 71.5 Å². The molecule has 1 amide bonds. The lowest BCUT2D eigenvalue weighted by atomic mass is 10.1. The van der Waals surface area contributed by atoms with Crippen molar-refractivity contribution in [2.24, 2.45) is 5.92 Å². The molecular formula is C18H18Cl2F2N2O5. The number of carbonyl (C=O) groups is 1. The molecule has 0 atom stereocenters. The number of hydrogen-bond acceptors (Lipinski definition) is 6. The molecule has 7 nitrogen and oxygen atoms in total. The van der Waals surface area contributed by atoms with Gasteiger partial charge >= 0.3 is 6.61 Å². The fourth-order valence-corrected chi connectivity index (χ4v) is 3.27. The van der Waals surface area contributed by atoms with Crippen molar-refractivity contribution in [2.75, 3.05) is 20.3 Å². The van der Waals surface area contributed by atoms with Crippen LogP contribution >= 0.6 is 23.2 Å². The third-order valence-electron chi connectivity index (χ3n) is 4.20. The van der Waals surface area contributed by atoms with Gasteiger partial charge in [-0.05, 0) is 30.9 Å². The molecular weight excluding hydrogens is 433 g/mol. The molecule has 1 N–H and O–H groups in total. The molecule has 0 unspecified atom stereocenters. The molecule has 1 aliphatic carbocycles. The molecule has 1 aromatic carbocycles. The van der Waals surface area contributed by atoms with E-state index in [0.717, 1.165) is 23.0 Å². The number of methoxy groups -OCH3 is 1. The molecule has 0 radical (unpaired) electrons. The van der Waals surface area contributed by atoms with Crippen molar-refractivity contribution in [3.8, 4) is 11.5 Å². The Morgan fingerprint density at radius 2 is 2.10 bits per heavy atom. The third kappa shape index (κ3) is 5.30. The van der Waals surface area contributed by atoms with Crippen molar-refractivity contribution >= 4 is 29.1 Å². The van der Waals surface area contributed by atoms with Crippen LogP contribution in [-0.4, -0.2) is 48.1 Å². The number of hydrogen-bond donors (Lipinski definition) is 1. The minimum Gasteiger partial charge on any atom is -0.496 e. The van der Waals surface area contributed by atoms with Gasteiger partial charge in [0.25, 0.3) is 5.91 Å². The average molecular weight is 451 g/mol. The van der Waals surface area contributed by atoms with Gasteiger partial charge in [0.05, 0.1) is 35.9 Å². The first-order chi connectivity index (χ1) is 13.8. The molecule has 1 aliphatic heterocycles. The van der Waals surface area contributed by atoms with Gasteiger partial charge in [0.15, 0.2) is 0 Å². The standard InChI is InChI=1S/C18H18Cl2F2N2O5/c1-27-15-6-11(29-18(21)22)4-5-12(15)17(25)24(28-9-10-2-3-10)16-13(19)7-23(26)8-14(16)20/h4-7,10,18,26H,2-3,8-9H2,1H3. The third-order valence-corrected chi connectivity index (χ3v) is 4.77. The zero-order valence-electron chi connectivity index (χ0n) is 15.3. The quantitative estimate of drug-likeness (QED) is 0.594. The number of benzene rings is 1. The lowest BCUT2D eigenvalue weighted by molar-refractivity contribution is -0.104. The lowest BCUT2D eigenvalue weighted by Crippen LogP contribution is -2.35. The largest absolute Gasteiger partial charge is 0.496 e. The number of carbonyl (C=O) groups excluding carboxylic acids is 1. The van der Waals surface area contributed by atoms with Crippen molar-refractivity contribution in [1.82, 2.24) is 10.1 Å². The summed E-state index contributed by atoms with van der Waals surface area (Å²) in [5.74, 6) is -0.515. The van der Waals surface area contributed by atoms with E-state index in [1.165, 1.54) is 31.5 Å². The van der Waals surface area contributed by atoms with E-state index in [9.17, 15) is 18.8 Å². The lowest BCUT2D eigenvalue weighted by Gasteiger charge is -2.29. The van der Waals surface area contributed by atoms with Gasteiger partial charge in [-0.15, -0.1) is 0 Å². The van der Waals surface area contributed by atoms with Crippen LogP contribution in [-0.2, 0) is 4.84 Å². The smallest absolute Gasteiger partial charge is 0.387 e. The summed E-state index contributed by atoms with van der Waals surface area (Å²) in [6.07, 6.45) is 3.15. The minimum absolute atomic E-state index is 0.00425. The van der Waals surface area contributed by atoms with Crippen molar-refractivity contribution < 1.29 is 33.1 Å². The Morgan fingerprint density at radius 1 is 1.38 bits per heavy atom. The Balaban J connectivity index is 1.94. The Kier molecular flexibility index (Phi) is 6.84. The molecule has 0 saturated heterocycles. The molecule has 0 bridgehead atoms. The van der Waals surface area contributed by atoms with E-state index in [1.807, 2.05) is 0 Å². The van der Waals surface area contributed by atoms with Crippen LogP contribution in [0.5, 0.6) is 11.5 Å². The number of ether oxygens (including phenoxy) is 2. The molecule has 1 saturated carbocycles. The van der Waals surface area contributed by atoms with Crippen molar-refractivity contribution in [1.29, 1.82) is 0 Å². The fraction of sp³-hybridized carbons (Fsp3) is 0.389. The van der Waals surface area contributed by atoms with Gasteiger partial charge in [0.1, 0.15) is 17.2 Å². The summed E-state index contributed by atoms with van der Waals surface area (Å²) in [4.78, 5) is 18.9. The van der Waals surface area contributed by atoms with E-state index in [2.05, 4.69) is 4.74 Å². The van der Waals surface area contributed by atoms with Gasteiger partial charge in [-0.1, -0.05) is 23.2 Å². The predicted molar refractivity (Wildman–Crippen MR) is 99.8 cm³/mol. The maximum Gasteiger partial charge on any atom is 0.387 e. The molecule has 158 valence electrons. The van der Waals surface area contributed by atoms with Gasteiger partial charge < -0.3 is 9.47 Å². The molecule has 1 heterocycles. The number of amides is 1. The number of halogens is 4. The Hall–Kier alpha value is -2.07. The Labute approximate surface area is 175 Å². The summed E-state index contributed by atoms with van der Waals surface area (Å²) >= 11 is 12.4. The van der Waals surface area contributed by atoms with E-state index in [4.69, 9.17) is 32.8 Å². The first-order valence-electron chi connectivity index (χ1n) is 8.62. The highest BCUT2D eigenvalue weighted by atomic mass is 35.5. The van der Waals surface area contributed by atoms with Gasteiger partial charge in [-0.25, -0.2) is 0 Å². The first kappa shape index (κ1) is 21.6. The van der Waals surface area contributed by atoms with Gasteiger partial charge in [-0.2, -0.15) is 13.8 Å². The highest BCUT2D eigenvalue weighted by molar-refractivity contribution is 6.36. The molecule has 1 aromatic rings. The summed E-state index contributed by atoms with van der Waals surface area (Å²) in [5, 5.41) is 11.4. The molecule has 11 heteroatoms. The summed E-state index contributed by atoms with van der Waals surface area (Å²) < 4.78 is 34.4. The zero-order valence-corrected chi connectivity index (χ0v) is 16.8. The van der Waals surface area contributed by atoms with Gasteiger partial charge in [0.2, 0.25) is 0 Å². The van der Waals surface area contributed by atoms with E-state index in [1.54, 1.807) is 0 Å². The van der Waals surface area contributed by atoms with Crippen molar-refractivity contribution in [2.45, 2.75) is 19.5 Å². The number of rotatable bonds is 8. The zero-order chi connectivity index (χ0) is 21.1. The normalized spacial score (nSPS) is 16.8. The fourth-order valence-electron chi connectivity index (χ4n) is 2.61. The van der Waals surface area contributed by atoms with Gasteiger partial charge in [-0.3, -0.25) is 19.9 Å². The molecule has 0 aromatic heterocycles. The second kappa shape index (κ2) is 9.17. The van der Waals surface area contributed by atoms with Crippen LogP contribution in [0.1, 0.15) is 23.2 Å². The van der Waals surface area contributed by atoms with Crippen LogP contribution in [0.3, 0.4) is 0 Å². The summed E-state index contributed by atoms with van der Waals surface area (Å²) in [7, 11) is 1.29. The molecule has 2 aliphatic rings. The van der Waals surface area contributed by atoms with E-state index in [-0.39, 0.29) is 46.0 Å². The SMILES string of the molecule is COc1cc(OC(F)F)ccc1C(=O)N(OCC1CC1)C1=C(Cl)CN(O)C=C1Cl. The monoisotopic (exact) mass is 450 g/mol. The van der Waals surface area contributed by atoms with E-state index >= 15 is 0 Å². The van der Waals surface area contributed by atoms with Gasteiger partial charge in [0, 0.05) is 12.3 Å². The highest BCUT2D eigenvalue weighted by Gasteiger charge is 2.33. The molecule has 29 heavy (non-hydrogen) atoms. The van der Waals surface area contributed by atoms with Crippen LogP contribution in [0.15, 0.2) is 40.2 Å². The molecule has 3 rings (SSSR count). The first-order valence-corrected chi connectivity index (χ1v) is 9.37. The van der Waals surface area contributed by atoms with Crippen molar-refractivity contribution in [3.05, 3.63) is 45.7 Å². The second-order valence-electron chi connectivity index (χ2n) is 6.41. The summed E-state index contributed by atoms with van der Waals surface area (Å²) in [6.45, 7) is -2.85. The highest BCUT2D eigenvalue weighted by Crippen LogP contribution is 2.35. The van der Waals surface area contributed by atoms with Crippen LogP contribution < -0.4 is 9.47 Å². The van der Waals surface area contributed by atoms with Crippen LogP contribution in [0, 0.1) is 5.92 Å². The summed E-state index contributed by atoms with van der Waals surface area (Å²) in [5.41, 5.74) is 0.108. The van der Waals surface area contributed by atoms with E-state index < -0.39 is 12.5 Å². The van der Waals surface area contributed by atoms with E-state index in [0.29, 0.717) is 5.92 Å². The minimum atomic E-state index is -3.02. The number of nitrogens with zero attached hydrogens (tertiary/aromatic N) is 2.